The highest BCUT2D eigenvalue weighted by molar-refractivity contribution is 5.26. The number of hydrogen-bond acceptors (Lipinski definition) is 6. The Balaban J connectivity index is 0.000000246. The first kappa shape index (κ1) is 15.2. The molecule has 0 aromatic carbocycles. The van der Waals surface area contributed by atoms with Gasteiger partial charge in [0, 0.05) is 18.6 Å². The van der Waals surface area contributed by atoms with Crippen molar-refractivity contribution in [1.82, 2.24) is 15.0 Å². The van der Waals surface area contributed by atoms with E-state index in [1.54, 1.807) is 30.9 Å². The van der Waals surface area contributed by atoms with Crippen molar-refractivity contribution in [2.45, 2.75) is 13.0 Å². The van der Waals surface area contributed by atoms with Crippen molar-refractivity contribution >= 4 is 5.95 Å². The van der Waals surface area contributed by atoms with Crippen LogP contribution in [0.2, 0.25) is 0 Å². The molecule has 0 aliphatic carbocycles. The summed E-state index contributed by atoms with van der Waals surface area (Å²) < 4.78 is 5.16. The van der Waals surface area contributed by atoms with E-state index < -0.39 is 0 Å². The SMILES string of the molecule is N#CCc1ccnc(NCc2ccco2)n1.c1ccncc1. The van der Waals surface area contributed by atoms with Crippen LogP contribution in [0.4, 0.5) is 5.95 Å². The van der Waals surface area contributed by atoms with Crippen LogP contribution >= 0.6 is 0 Å². The fourth-order valence-corrected chi connectivity index (χ4v) is 1.55. The highest BCUT2D eigenvalue weighted by Crippen LogP contribution is 2.05. The zero-order chi connectivity index (χ0) is 15.5. The smallest absolute Gasteiger partial charge is 0.223 e. The number of rotatable bonds is 4. The minimum Gasteiger partial charge on any atom is -0.467 e. The van der Waals surface area contributed by atoms with Crippen LogP contribution in [0.1, 0.15) is 11.5 Å². The third-order valence-electron chi connectivity index (χ3n) is 2.54. The number of nitriles is 1. The minimum absolute atomic E-state index is 0.290. The maximum atomic E-state index is 8.54. The predicted molar refractivity (Wildman–Crippen MR) is 81.6 cm³/mol. The maximum Gasteiger partial charge on any atom is 0.223 e. The molecule has 0 atom stereocenters. The van der Waals surface area contributed by atoms with Crippen molar-refractivity contribution in [3.8, 4) is 6.07 Å². The van der Waals surface area contributed by atoms with E-state index in [0.717, 1.165) is 5.76 Å². The van der Waals surface area contributed by atoms with Gasteiger partial charge in [0.1, 0.15) is 5.76 Å². The van der Waals surface area contributed by atoms with Crippen molar-refractivity contribution in [2.24, 2.45) is 0 Å². The molecule has 0 saturated heterocycles. The van der Waals surface area contributed by atoms with Crippen LogP contribution in [0.25, 0.3) is 0 Å². The van der Waals surface area contributed by atoms with Crippen molar-refractivity contribution in [3.63, 3.8) is 0 Å². The fourth-order valence-electron chi connectivity index (χ4n) is 1.55. The molecule has 3 aromatic heterocycles. The molecule has 0 radical (unpaired) electrons. The second kappa shape index (κ2) is 8.87. The average molecular weight is 293 g/mol. The number of nitrogens with one attached hydrogen (secondary N) is 1. The molecule has 0 aliphatic heterocycles. The molecule has 0 saturated carbocycles. The van der Waals surface area contributed by atoms with E-state index in [9.17, 15) is 0 Å². The Morgan fingerprint density at radius 2 is 1.95 bits per heavy atom. The van der Waals surface area contributed by atoms with Crippen molar-refractivity contribution in [3.05, 3.63) is 72.7 Å². The molecule has 3 rings (SSSR count). The fraction of sp³-hybridized carbons (Fsp3) is 0.125. The standard InChI is InChI=1S/C11H10N4O.C5H5N/c12-5-3-9-4-6-13-11(15-9)14-8-10-2-1-7-16-10;1-2-4-6-5-3-1/h1-2,4,6-7H,3,8H2,(H,13,14,15);1-5H. The van der Waals surface area contributed by atoms with Crippen LogP contribution in [-0.2, 0) is 13.0 Å². The zero-order valence-electron chi connectivity index (χ0n) is 11.9. The van der Waals surface area contributed by atoms with Crippen LogP contribution in [-0.4, -0.2) is 15.0 Å². The molecule has 0 amide bonds. The number of anilines is 1. The van der Waals surface area contributed by atoms with Gasteiger partial charge in [-0.25, -0.2) is 9.97 Å². The van der Waals surface area contributed by atoms with Crippen molar-refractivity contribution < 1.29 is 4.42 Å². The van der Waals surface area contributed by atoms with E-state index in [-0.39, 0.29) is 6.42 Å². The lowest BCUT2D eigenvalue weighted by molar-refractivity contribution is 0.517. The average Bonchev–Trinajstić information content (AvgIpc) is 3.09. The lowest BCUT2D eigenvalue weighted by Crippen LogP contribution is -2.04. The van der Waals surface area contributed by atoms with Crippen LogP contribution in [0.15, 0.2) is 65.7 Å². The Morgan fingerprint density at radius 1 is 1.09 bits per heavy atom. The molecular formula is C16H15N5O. The summed E-state index contributed by atoms with van der Waals surface area (Å²) in [5.41, 5.74) is 0.708. The van der Waals surface area contributed by atoms with E-state index in [1.165, 1.54) is 0 Å². The summed E-state index contributed by atoms with van der Waals surface area (Å²) in [5.74, 6) is 1.32. The van der Waals surface area contributed by atoms with Gasteiger partial charge in [0.15, 0.2) is 0 Å². The monoisotopic (exact) mass is 293 g/mol. The van der Waals surface area contributed by atoms with Gasteiger partial charge in [-0.05, 0) is 30.3 Å². The van der Waals surface area contributed by atoms with Crippen molar-refractivity contribution in [1.29, 1.82) is 5.26 Å². The Morgan fingerprint density at radius 3 is 2.55 bits per heavy atom. The van der Waals surface area contributed by atoms with Gasteiger partial charge in [-0.3, -0.25) is 4.98 Å². The number of pyridine rings is 1. The lowest BCUT2D eigenvalue weighted by Gasteiger charge is -2.02. The molecule has 0 unspecified atom stereocenters. The Kier molecular flexibility index (Phi) is 6.13. The van der Waals surface area contributed by atoms with Crippen LogP contribution in [0, 0.1) is 11.3 Å². The molecular weight excluding hydrogens is 278 g/mol. The predicted octanol–water partition coefficient (Wildman–Crippen LogP) is 2.83. The lowest BCUT2D eigenvalue weighted by atomic mass is 10.3. The summed E-state index contributed by atoms with van der Waals surface area (Å²) in [6, 6.07) is 13.2. The topological polar surface area (TPSA) is 87.6 Å². The molecule has 1 N–H and O–H groups in total. The number of hydrogen-bond donors (Lipinski definition) is 1. The Hall–Kier alpha value is -3.20. The molecule has 6 nitrogen and oxygen atoms in total. The van der Waals surface area contributed by atoms with Crippen LogP contribution in [0.3, 0.4) is 0 Å². The van der Waals surface area contributed by atoms with Gasteiger partial charge < -0.3 is 9.73 Å². The summed E-state index contributed by atoms with van der Waals surface area (Å²) in [5, 5.41) is 11.6. The second-order valence-electron chi connectivity index (χ2n) is 4.16. The second-order valence-corrected chi connectivity index (χ2v) is 4.16. The van der Waals surface area contributed by atoms with Gasteiger partial charge in [-0.2, -0.15) is 5.26 Å². The molecule has 3 aromatic rings. The van der Waals surface area contributed by atoms with Gasteiger partial charge >= 0.3 is 0 Å². The molecule has 22 heavy (non-hydrogen) atoms. The van der Waals surface area contributed by atoms with Gasteiger partial charge in [-0.1, -0.05) is 6.07 Å². The van der Waals surface area contributed by atoms with Gasteiger partial charge in [0.05, 0.1) is 31.0 Å². The molecule has 0 spiro atoms. The molecule has 110 valence electrons. The first-order valence-electron chi connectivity index (χ1n) is 6.68. The van der Waals surface area contributed by atoms with E-state index in [1.807, 2.05) is 36.4 Å². The van der Waals surface area contributed by atoms with Crippen molar-refractivity contribution in [2.75, 3.05) is 5.32 Å². The molecule has 0 bridgehead atoms. The third-order valence-corrected chi connectivity index (χ3v) is 2.54. The summed E-state index contributed by atoms with van der Waals surface area (Å²) in [7, 11) is 0. The summed E-state index contributed by atoms with van der Waals surface area (Å²) >= 11 is 0. The minimum atomic E-state index is 0.290. The van der Waals surface area contributed by atoms with Gasteiger partial charge in [-0.15, -0.1) is 0 Å². The third kappa shape index (κ3) is 5.43. The molecule has 0 fully saturated rings. The van der Waals surface area contributed by atoms with E-state index in [2.05, 4.69) is 20.3 Å². The van der Waals surface area contributed by atoms with Gasteiger partial charge in [0.2, 0.25) is 5.95 Å². The summed E-state index contributed by atoms with van der Waals surface area (Å²) in [6.07, 6.45) is 7.03. The van der Waals surface area contributed by atoms with Crippen LogP contribution < -0.4 is 5.32 Å². The highest BCUT2D eigenvalue weighted by atomic mass is 16.3. The Bertz CT molecular complexity index is 665. The van der Waals surface area contributed by atoms with Gasteiger partial charge in [0.25, 0.3) is 0 Å². The highest BCUT2D eigenvalue weighted by Gasteiger charge is 2.00. The maximum absolute atomic E-state index is 8.54. The number of aromatic nitrogens is 3. The molecule has 3 heterocycles. The van der Waals surface area contributed by atoms with Crippen LogP contribution in [0.5, 0.6) is 0 Å². The quantitative estimate of drug-likeness (QED) is 0.795. The molecule has 0 aliphatic rings. The first-order valence-corrected chi connectivity index (χ1v) is 6.68. The number of nitrogens with zero attached hydrogens (tertiary/aromatic N) is 4. The summed E-state index contributed by atoms with van der Waals surface area (Å²) in [4.78, 5) is 12.0. The largest absolute Gasteiger partial charge is 0.467 e. The molecule has 6 heteroatoms. The van der Waals surface area contributed by atoms with E-state index >= 15 is 0 Å². The summed E-state index contributed by atoms with van der Waals surface area (Å²) in [6.45, 7) is 0.531. The first-order chi connectivity index (χ1) is 10.9. The van der Waals surface area contributed by atoms with E-state index in [4.69, 9.17) is 9.68 Å². The normalized spacial score (nSPS) is 9.23. The Labute approximate surface area is 128 Å². The van der Waals surface area contributed by atoms with E-state index in [0.29, 0.717) is 18.2 Å². The zero-order valence-corrected chi connectivity index (χ0v) is 11.9. The number of furan rings is 1.